The largest absolute Gasteiger partial charge is 0.396 e. The van der Waals surface area contributed by atoms with E-state index in [0.717, 1.165) is 24.3 Å². The highest BCUT2D eigenvalue weighted by molar-refractivity contribution is 7.80. The molecule has 0 amide bonds. The van der Waals surface area contributed by atoms with Gasteiger partial charge in [0.05, 0.1) is 19.8 Å². The maximum absolute atomic E-state index is 9.31. The Morgan fingerprint density at radius 1 is 1.00 bits per heavy atom. The van der Waals surface area contributed by atoms with Gasteiger partial charge in [0.2, 0.25) is 0 Å². The van der Waals surface area contributed by atoms with Gasteiger partial charge in [-0.25, -0.2) is 0 Å². The van der Waals surface area contributed by atoms with Crippen LogP contribution in [0.2, 0.25) is 0 Å². The number of hydrogen-bond acceptors (Lipinski definition) is 5. The second-order valence-corrected chi connectivity index (χ2v) is 5.12. The highest BCUT2D eigenvalue weighted by Crippen LogP contribution is 2.16. The van der Waals surface area contributed by atoms with Gasteiger partial charge < -0.3 is 14.6 Å². The topological polar surface area (TPSA) is 38.7 Å². The van der Waals surface area contributed by atoms with Gasteiger partial charge in [-0.2, -0.15) is 25.3 Å². The van der Waals surface area contributed by atoms with Crippen LogP contribution in [0.3, 0.4) is 0 Å². The third-order valence-corrected chi connectivity index (χ3v) is 2.81. The summed E-state index contributed by atoms with van der Waals surface area (Å²) in [5, 5.41) is 9.31. The van der Waals surface area contributed by atoms with Crippen molar-refractivity contribution in [2.24, 2.45) is 5.41 Å². The summed E-state index contributed by atoms with van der Waals surface area (Å²) in [6.45, 7) is 4.48. The molecule has 0 saturated heterocycles. The first kappa shape index (κ1) is 16.6. The maximum Gasteiger partial charge on any atom is 0.0563 e. The Morgan fingerprint density at radius 3 is 1.75 bits per heavy atom. The molecular weight excluding hydrogens is 244 g/mol. The molecule has 0 bridgehead atoms. The van der Waals surface area contributed by atoms with Crippen LogP contribution in [-0.4, -0.2) is 49.6 Å². The lowest BCUT2D eigenvalue weighted by Crippen LogP contribution is -2.33. The van der Waals surface area contributed by atoms with E-state index in [1.165, 1.54) is 0 Å². The summed E-state index contributed by atoms with van der Waals surface area (Å²) in [6.07, 6.45) is 1.87. The quantitative estimate of drug-likeness (QED) is 0.394. The van der Waals surface area contributed by atoms with Crippen molar-refractivity contribution in [3.8, 4) is 0 Å². The molecule has 0 aromatic rings. The van der Waals surface area contributed by atoms with Crippen molar-refractivity contribution in [3.05, 3.63) is 0 Å². The molecule has 1 N–H and O–H groups in total. The van der Waals surface area contributed by atoms with Gasteiger partial charge in [0, 0.05) is 18.6 Å². The van der Waals surface area contributed by atoms with Crippen molar-refractivity contribution in [2.45, 2.75) is 19.8 Å². The molecule has 0 fully saturated rings. The number of thiol groups is 2. The Labute approximate surface area is 110 Å². The Morgan fingerprint density at radius 2 is 1.44 bits per heavy atom. The molecule has 0 atom stereocenters. The second kappa shape index (κ2) is 10.7. The fraction of sp³-hybridized carbons (Fsp3) is 1.00. The molecule has 0 spiro atoms. The van der Waals surface area contributed by atoms with Crippen LogP contribution in [0.5, 0.6) is 0 Å². The number of ether oxygens (including phenoxy) is 2. The lowest BCUT2D eigenvalue weighted by atomic mass is 9.94. The van der Waals surface area contributed by atoms with Gasteiger partial charge in [-0.3, -0.25) is 0 Å². The Balaban J connectivity index is 3.64. The standard InChI is InChI=1S/C11H24O3S2/c1-11(8-12,9-13-4-2-6-15)10-14-5-3-7-16/h12,15-16H,2-10H2,1H3. The Hall–Kier alpha value is 0.580. The van der Waals surface area contributed by atoms with E-state index in [0.29, 0.717) is 26.4 Å². The van der Waals surface area contributed by atoms with Crippen molar-refractivity contribution in [1.82, 2.24) is 0 Å². The van der Waals surface area contributed by atoms with Crippen molar-refractivity contribution in [1.29, 1.82) is 0 Å². The number of aliphatic hydroxyl groups is 1. The second-order valence-electron chi connectivity index (χ2n) is 4.23. The summed E-state index contributed by atoms with van der Waals surface area (Å²) in [7, 11) is 0. The zero-order valence-electron chi connectivity index (χ0n) is 10.0. The Kier molecular flexibility index (Phi) is 11.1. The number of aliphatic hydroxyl groups excluding tert-OH is 1. The van der Waals surface area contributed by atoms with Gasteiger partial charge in [-0.1, -0.05) is 6.92 Å². The molecule has 0 radical (unpaired) electrons. The molecule has 5 heteroatoms. The van der Waals surface area contributed by atoms with E-state index in [2.05, 4.69) is 25.3 Å². The zero-order chi connectivity index (χ0) is 12.3. The zero-order valence-corrected chi connectivity index (χ0v) is 11.8. The average molecular weight is 268 g/mol. The molecule has 16 heavy (non-hydrogen) atoms. The van der Waals surface area contributed by atoms with Crippen molar-refractivity contribution >= 4 is 25.3 Å². The van der Waals surface area contributed by atoms with E-state index >= 15 is 0 Å². The first-order chi connectivity index (χ1) is 7.68. The fourth-order valence-electron chi connectivity index (χ4n) is 1.10. The predicted octanol–water partition coefficient (Wildman–Crippen LogP) is 1.66. The van der Waals surface area contributed by atoms with E-state index in [9.17, 15) is 5.11 Å². The first-order valence-electron chi connectivity index (χ1n) is 5.66. The molecule has 0 saturated carbocycles. The summed E-state index contributed by atoms with van der Waals surface area (Å²) < 4.78 is 11.0. The highest BCUT2D eigenvalue weighted by Gasteiger charge is 2.24. The molecule has 0 aliphatic carbocycles. The number of hydrogen-bond donors (Lipinski definition) is 3. The van der Waals surface area contributed by atoms with Crippen LogP contribution in [0.4, 0.5) is 0 Å². The minimum absolute atomic E-state index is 0.0781. The van der Waals surface area contributed by atoms with E-state index in [1.54, 1.807) is 0 Å². The van der Waals surface area contributed by atoms with Gasteiger partial charge in [0.1, 0.15) is 0 Å². The van der Waals surface area contributed by atoms with E-state index in [-0.39, 0.29) is 12.0 Å². The van der Waals surface area contributed by atoms with Crippen molar-refractivity contribution < 1.29 is 14.6 Å². The predicted molar refractivity (Wildman–Crippen MR) is 73.8 cm³/mol. The van der Waals surface area contributed by atoms with Gasteiger partial charge in [0.15, 0.2) is 0 Å². The van der Waals surface area contributed by atoms with Gasteiger partial charge in [-0.15, -0.1) is 0 Å². The summed E-state index contributed by atoms with van der Waals surface area (Å²) in [4.78, 5) is 0. The molecule has 3 nitrogen and oxygen atoms in total. The summed E-state index contributed by atoms with van der Waals surface area (Å²) >= 11 is 8.21. The molecule has 0 heterocycles. The molecular formula is C11H24O3S2. The third kappa shape index (κ3) is 8.70. The lowest BCUT2D eigenvalue weighted by molar-refractivity contribution is -0.0400. The molecule has 0 aliphatic rings. The molecule has 98 valence electrons. The van der Waals surface area contributed by atoms with Crippen LogP contribution in [0.15, 0.2) is 0 Å². The van der Waals surface area contributed by atoms with Crippen molar-refractivity contribution in [3.63, 3.8) is 0 Å². The van der Waals surface area contributed by atoms with E-state index in [4.69, 9.17) is 9.47 Å². The average Bonchev–Trinajstić information content (AvgIpc) is 2.31. The monoisotopic (exact) mass is 268 g/mol. The summed E-state index contributed by atoms with van der Waals surface area (Å²) in [6, 6.07) is 0. The van der Waals surface area contributed by atoms with Gasteiger partial charge in [-0.05, 0) is 24.3 Å². The lowest BCUT2D eigenvalue weighted by Gasteiger charge is -2.26. The van der Waals surface area contributed by atoms with Crippen LogP contribution in [-0.2, 0) is 9.47 Å². The smallest absolute Gasteiger partial charge is 0.0563 e. The molecule has 0 aliphatic heterocycles. The van der Waals surface area contributed by atoms with Gasteiger partial charge in [0.25, 0.3) is 0 Å². The van der Waals surface area contributed by atoms with Crippen LogP contribution in [0.25, 0.3) is 0 Å². The van der Waals surface area contributed by atoms with Crippen LogP contribution in [0, 0.1) is 5.41 Å². The van der Waals surface area contributed by atoms with E-state index in [1.807, 2.05) is 6.92 Å². The molecule has 0 unspecified atom stereocenters. The van der Waals surface area contributed by atoms with Crippen LogP contribution in [0.1, 0.15) is 19.8 Å². The number of rotatable bonds is 11. The first-order valence-corrected chi connectivity index (χ1v) is 6.93. The van der Waals surface area contributed by atoms with Crippen LogP contribution < -0.4 is 0 Å². The minimum atomic E-state index is -0.298. The maximum atomic E-state index is 9.31. The van der Waals surface area contributed by atoms with E-state index < -0.39 is 0 Å². The third-order valence-electron chi connectivity index (χ3n) is 2.18. The normalized spacial score (nSPS) is 12.0. The van der Waals surface area contributed by atoms with Gasteiger partial charge >= 0.3 is 0 Å². The summed E-state index contributed by atoms with van der Waals surface area (Å²) in [5.74, 6) is 1.66. The molecule has 0 aromatic heterocycles. The highest BCUT2D eigenvalue weighted by atomic mass is 32.1. The van der Waals surface area contributed by atoms with Crippen molar-refractivity contribution in [2.75, 3.05) is 44.5 Å². The fourth-order valence-corrected chi connectivity index (χ4v) is 1.36. The Bertz CT molecular complexity index is 144. The van der Waals surface area contributed by atoms with Crippen LogP contribution >= 0.6 is 25.3 Å². The molecule has 0 rings (SSSR count). The minimum Gasteiger partial charge on any atom is -0.396 e. The molecule has 0 aromatic carbocycles. The SMILES string of the molecule is CC(CO)(COCCCS)COCCCS. The summed E-state index contributed by atoms with van der Waals surface area (Å²) in [5.41, 5.74) is -0.298.